The number of ketones is 1. The van der Waals surface area contributed by atoms with Gasteiger partial charge < -0.3 is 0 Å². The average molecular weight is 339 g/mol. The van der Waals surface area contributed by atoms with E-state index in [9.17, 15) is 4.79 Å². The summed E-state index contributed by atoms with van der Waals surface area (Å²) in [5.41, 5.74) is 3.37. The van der Waals surface area contributed by atoms with Crippen LogP contribution < -0.4 is 0 Å². The Bertz CT molecular complexity index is 1110. The first-order chi connectivity index (χ1) is 12.7. The molecule has 0 atom stereocenters. The van der Waals surface area contributed by atoms with Crippen LogP contribution >= 0.6 is 0 Å². The van der Waals surface area contributed by atoms with Gasteiger partial charge >= 0.3 is 0 Å². The first-order valence-corrected chi connectivity index (χ1v) is 8.36. The number of aromatic nitrogens is 3. The highest BCUT2D eigenvalue weighted by molar-refractivity contribution is 6.09. The van der Waals surface area contributed by atoms with Gasteiger partial charge in [0.05, 0.1) is 5.69 Å². The van der Waals surface area contributed by atoms with Crippen LogP contribution in [0.25, 0.3) is 28.1 Å². The molecule has 0 radical (unpaired) electrons. The van der Waals surface area contributed by atoms with Crippen molar-refractivity contribution in [1.29, 1.82) is 0 Å². The van der Waals surface area contributed by atoms with Gasteiger partial charge in [0.1, 0.15) is 0 Å². The number of allylic oxidation sites excluding steroid dienone is 1. The van der Waals surface area contributed by atoms with E-state index in [1.54, 1.807) is 23.2 Å². The van der Waals surface area contributed by atoms with Crippen molar-refractivity contribution in [3.05, 3.63) is 90.4 Å². The predicted octanol–water partition coefficient (Wildman–Crippen LogP) is 4.53. The van der Waals surface area contributed by atoms with Gasteiger partial charge in [-0.1, -0.05) is 36.4 Å². The second-order valence-corrected chi connectivity index (χ2v) is 6.10. The normalized spacial score (nSPS) is 11.3. The third-order valence-electron chi connectivity index (χ3n) is 4.26. The topological polar surface area (TPSA) is 47.8 Å². The van der Waals surface area contributed by atoms with Gasteiger partial charge in [0.25, 0.3) is 0 Å². The first kappa shape index (κ1) is 16.0. The number of rotatable bonds is 4. The molecule has 0 amide bonds. The Labute approximate surface area is 151 Å². The smallest absolute Gasteiger partial charge is 0.185 e. The van der Waals surface area contributed by atoms with Crippen LogP contribution in [0.5, 0.6) is 0 Å². The van der Waals surface area contributed by atoms with Crippen molar-refractivity contribution >= 4 is 22.6 Å². The highest BCUT2D eigenvalue weighted by Crippen LogP contribution is 2.23. The monoisotopic (exact) mass is 339 g/mol. The quantitative estimate of drug-likeness (QED) is 0.405. The summed E-state index contributed by atoms with van der Waals surface area (Å²) in [6, 6.07) is 17.6. The number of benzene rings is 2. The Balaban J connectivity index is 1.64. The minimum absolute atomic E-state index is 0.0275. The van der Waals surface area contributed by atoms with E-state index in [2.05, 4.69) is 10.1 Å². The van der Waals surface area contributed by atoms with E-state index in [-0.39, 0.29) is 5.78 Å². The van der Waals surface area contributed by atoms with E-state index in [1.165, 1.54) is 0 Å². The van der Waals surface area contributed by atoms with E-state index in [4.69, 9.17) is 0 Å². The standard InChI is InChI=1S/C22H17N3O/c1-25-15-20(22(24-25)17-10-12-23-13-11-17)8-9-21(26)19-7-6-16-4-2-3-5-18(16)14-19/h2-15H,1H3. The van der Waals surface area contributed by atoms with Crippen LogP contribution in [-0.4, -0.2) is 20.5 Å². The second kappa shape index (κ2) is 6.76. The summed E-state index contributed by atoms with van der Waals surface area (Å²) in [5, 5.41) is 6.68. The third kappa shape index (κ3) is 3.17. The van der Waals surface area contributed by atoms with Crippen molar-refractivity contribution in [3.63, 3.8) is 0 Å². The van der Waals surface area contributed by atoms with E-state index >= 15 is 0 Å². The molecule has 0 spiro atoms. The van der Waals surface area contributed by atoms with Gasteiger partial charge in [0.2, 0.25) is 0 Å². The molecule has 0 saturated carbocycles. The molecule has 0 saturated heterocycles. The zero-order valence-electron chi connectivity index (χ0n) is 14.3. The van der Waals surface area contributed by atoms with E-state index < -0.39 is 0 Å². The molecule has 0 aliphatic heterocycles. The molecule has 4 heteroatoms. The Morgan fingerprint density at radius 3 is 2.58 bits per heavy atom. The van der Waals surface area contributed by atoms with Crippen LogP contribution in [0.15, 0.2) is 79.3 Å². The van der Waals surface area contributed by atoms with E-state index in [1.807, 2.05) is 73.9 Å². The molecule has 0 N–H and O–H groups in total. The lowest BCUT2D eigenvalue weighted by molar-refractivity contribution is 0.104. The molecule has 0 fully saturated rings. The molecular formula is C22H17N3O. The van der Waals surface area contributed by atoms with Crippen molar-refractivity contribution in [2.75, 3.05) is 0 Å². The van der Waals surface area contributed by atoms with Gasteiger partial charge in [-0.2, -0.15) is 5.10 Å². The highest BCUT2D eigenvalue weighted by atomic mass is 16.1. The minimum atomic E-state index is -0.0275. The summed E-state index contributed by atoms with van der Waals surface area (Å²) < 4.78 is 1.75. The number of pyridine rings is 1. The van der Waals surface area contributed by atoms with Gasteiger partial charge in [0.15, 0.2) is 5.78 Å². The lowest BCUT2D eigenvalue weighted by Crippen LogP contribution is -1.94. The number of carbonyl (C=O) groups excluding carboxylic acids is 1. The van der Waals surface area contributed by atoms with Crippen LogP contribution in [-0.2, 0) is 7.05 Å². The molecule has 0 unspecified atom stereocenters. The Morgan fingerprint density at radius 2 is 1.77 bits per heavy atom. The molecule has 126 valence electrons. The number of fused-ring (bicyclic) bond motifs is 1. The molecule has 2 aromatic carbocycles. The molecule has 0 bridgehead atoms. The zero-order chi connectivity index (χ0) is 17.9. The highest BCUT2D eigenvalue weighted by Gasteiger charge is 2.09. The zero-order valence-corrected chi connectivity index (χ0v) is 14.3. The maximum atomic E-state index is 12.6. The van der Waals surface area contributed by atoms with Crippen molar-refractivity contribution in [2.24, 2.45) is 7.05 Å². The number of hydrogen-bond donors (Lipinski definition) is 0. The summed E-state index contributed by atoms with van der Waals surface area (Å²) in [6.07, 6.45) is 8.79. The summed E-state index contributed by atoms with van der Waals surface area (Å²) in [4.78, 5) is 16.6. The number of hydrogen-bond acceptors (Lipinski definition) is 3. The van der Waals surface area contributed by atoms with Crippen molar-refractivity contribution in [2.45, 2.75) is 0 Å². The lowest BCUT2D eigenvalue weighted by atomic mass is 10.0. The fourth-order valence-electron chi connectivity index (χ4n) is 2.97. The molecule has 4 nitrogen and oxygen atoms in total. The largest absolute Gasteiger partial charge is 0.289 e. The summed E-state index contributed by atoms with van der Waals surface area (Å²) in [7, 11) is 1.87. The predicted molar refractivity (Wildman–Crippen MR) is 104 cm³/mol. The second-order valence-electron chi connectivity index (χ2n) is 6.10. The summed E-state index contributed by atoms with van der Waals surface area (Å²) >= 11 is 0. The summed E-state index contributed by atoms with van der Waals surface area (Å²) in [6.45, 7) is 0. The molecule has 26 heavy (non-hydrogen) atoms. The van der Waals surface area contributed by atoms with Crippen LogP contribution in [0, 0.1) is 0 Å². The molecule has 4 aromatic rings. The minimum Gasteiger partial charge on any atom is -0.289 e. The fourth-order valence-corrected chi connectivity index (χ4v) is 2.97. The average Bonchev–Trinajstić information content (AvgIpc) is 3.07. The maximum absolute atomic E-state index is 12.6. The van der Waals surface area contributed by atoms with E-state index in [0.29, 0.717) is 5.56 Å². The van der Waals surface area contributed by atoms with Gasteiger partial charge in [-0.05, 0) is 41.1 Å². The number of nitrogens with zero attached hydrogens (tertiary/aromatic N) is 3. The SMILES string of the molecule is Cn1cc(C=CC(=O)c2ccc3ccccc3c2)c(-c2ccncc2)n1. The Kier molecular flexibility index (Phi) is 4.15. The van der Waals surface area contributed by atoms with Crippen molar-refractivity contribution in [3.8, 4) is 11.3 Å². The van der Waals surface area contributed by atoms with Gasteiger partial charge in [-0.3, -0.25) is 14.5 Å². The molecule has 0 aliphatic carbocycles. The molecule has 2 heterocycles. The van der Waals surface area contributed by atoms with Gasteiger partial charge in [0, 0.05) is 42.3 Å². The van der Waals surface area contributed by atoms with Gasteiger partial charge in [-0.15, -0.1) is 0 Å². The molecule has 2 aromatic heterocycles. The fraction of sp³-hybridized carbons (Fsp3) is 0.0455. The van der Waals surface area contributed by atoms with Crippen molar-refractivity contribution < 1.29 is 4.79 Å². The molecule has 0 aliphatic rings. The Morgan fingerprint density at radius 1 is 1.00 bits per heavy atom. The third-order valence-corrected chi connectivity index (χ3v) is 4.26. The van der Waals surface area contributed by atoms with Gasteiger partial charge in [-0.25, -0.2) is 0 Å². The first-order valence-electron chi connectivity index (χ1n) is 8.36. The van der Waals surface area contributed by atoms with Crippen LogP contribution in [0.3, 0.4) is 0 Å². The maximum Gasteiger partial charge on any atom is 0.185 e. The van der Waals surface area contributed by atoms with Crippen molar-refractivity contribution in [1.82, 2.24) is 14.8 Å². The molecular weight excluding hydrogens is 322 g/mol. The summed E-state index contributed by atoms with van der Waals surface area (Å²) in [5.74, 6) is -0.0275. The number of carbonyl (C=O) groups is 1. The molecule has 4 rings (SSSR count). The van der Waals surface area contributed by atoms with Crippen LogP contribution in [0.1, 0.15) is 15.9 Å². The van der Waals surface area contributed by atoms with E-state index in [0.717, 1.165) is 27.6 Å². The Hall–Kier alpha value is -3.53. The van der Waals surface area contributed by atoms with Crippen LogP contribution in [0.2, 0.25) is 0 Å². The lowest BCUT2D eigenvalue weighted by Gasteiger charge is -2.01. The number of aryl methyl sites for hydroxylation is 1. The van der Waals surface area contributed by atoms with Crippen LogP contribution in [0.4, 0.5) is 0 Å².